The largest absolute Gasteiger partial charge is 0.302 e. The van der Waals surface area contributed by atoms with Crippen LogP contribution in [0, 0.1) is 0 Å². The molecule has 1 aromatic rings. The second-order valence-electron chi connectivity index (χ2n) is 4.22. The van der Waals surface area contributed by atoms with Crippen LogP contribution in [-0.4, -0.2) is 24.2 Å². The van der Waals surface area contributed by atoms with Crippen molar-refractivity contribution in [3.63, 3.8) is 0 Å². The molecule has 0 spiro atoms. The van der Waals surface area contributed by atoms with Gasteiger partial charge in [-0.3, -0.25) is 0 Å². The lowest BCUT2D eigenvalue weighted by atomic mass is 10.1. The van der Waals surface area contributed by atoms with E-state index in [1.165, 1.54) is 29.1 Å². The number of nitrogens with zero attached hydrogens (tertiary/aromatic N) is 1. The van der Waals surface area contributed by atoms with Gasteiger partial charge in [-0.15, -0.1) is 11.8 Å². The van der Waals surface area contributed by atoms with Crippen LogP contribution in [-0.2, 0) is 13.0 Å². The van der Waals surface area contributed by atoms with Crippen LogP contribution in [0.5, 0.6) is 0 Å². The van der Waals surface area contributed by atoms with E-state index in [0.717, 1.165) is 13.1 Å². The summed E-state index contributed by atoms with van der Waals surface area (Å²) in [5.74, 6) is 1.29. The van der Waals surface area contributed by atoms with Crippen molar-refractivity contribution >= 4 is 11.8 Å². The first-order chi connectivity index (χ1) is 7.29. The molecule has 2 rings (SSSR count). The fraction of sp³-hybridized carbons (Fsp3) is 0.538. The van der Waals surface area contributed by atoms with Gasteiger partial charge in [-0.25, -0.2) is 0 Å². The topological polar surface area (TPSA) is 3.24 Å². The van der Waals surface area contributed by atoms with Crippen LogP contribution in [0.3, 0.4) is 0 Å². The molecule has 0 aliphatic carbocycles. The van der Waals surface area contributed by atoms with Crippen molar-refractivity contribution in [2.24, 2.45) is 0 Å². The highest BCUT2D eigenvalue weighted by atomic mass is 32.2. The molecule has 0 saturated carbocycles. The SMILES string of the molecule is CCN(C)Cc1ccc2c(c1)CCCS2. The minimum absolute atomic E-state index is 1.08. The van der Waals surface area contributed by atoms with Crippen LogP contribution >= 0.6 is 11.8 Å². The van der Waals surface area contributed by atoms with Crippen LogP contribution in [0.1, 0.15) is 24.5 Å². The fourth-order valence-electron chi connectivity index (χ4n) is 1.94. The maximum atomic E-state index is 2.40. The first-order valence-corrected chi connectivity index (χ1v) is 6.71. The quantitative estimate of drug-likeness (QED) is 0.771. The monoisotopic (exact) mass is 221 g/mol. The van der Waals surface area contributed by atoms with Crippen molar-refractivity contribution in [1.82, 2.24) is 4.90 Å². The lowest BCUT2D eigenvalue weighted by molar-refractivity contribution is 0.345. The smallest absolute Gasteiger partial charge is 0.0230 e. The Labute approximate surface area is 96.9 Å². The van der Waals surface area contributed by atoms with Crippen LogP contribution < -0.4 is 0 Å². The van der Waals surface area contributed by atoms with Crippen LogP contribution in [0.4, 0.5) is 0 Å². The summed E-state index contributed by atoms with van der Waals surface area (Å²) in [6.45, 7) is 4.40. The Morgan fingerprint density at radius 3 is 3.07 bits per heavy atom. The second-order valence-corrected chi connectivity index (χ2v) is 5.36. The molecule has 0 aromatic heterocycles. The zero-order valence-electron chi connectivity index (χ0n) is 9.62. The molecule has 1 aromatic carbocycles. The first kappa shape index (κ1) is 11.0. The Balaban J connectivity index is 2.13. The standard InChI is InChI=1S/C13H19NS/c1-3-14(2)10-11-6-7-13-12(9-11)5-4-8-15-13/h6-7,9H,3-5,8,10H2,1-2H3. The van der Waals surface area contributed by atoms with Gasteiger partial charge in [-0.1, -0.05) is 19.1 Å². The van der Waals surface area contributed by atoms with E-state index in [4.69, 9.17) is 0 Å². The van der Waals surface area contributed by atoms with Gasteiger partial charge in [0.15, 0.2) is 0 Å². The third kappa shape index (κ3) is 2.76. The normalized spacial score (nSPS) is 15.4. The average molecular weight is 221 g/mol. The number of rotatable bonds is 3. The van der Waals surface area contributed by atoms with Gasteiger partial charge in [-0.05, 0) is 49.4 Å². The molecule has 1 heterocycles. The van der Waals surface area contributed by atoms with Crippen LogP contribution in [0.25, 0.3) is 0 Å². The van der Waals surface area contributed by atoms with Crippen molar-refractivity contribution in [2.45, 2.75) is 31.2 Å². The summed E-state index contributed by atoms with van der Waals surface area (Å²) in [6.07, 6.45) is 2.61. The minimum Gasteiger partial charge on any atom is -0.302 e. The summed E-state index contributed by atoms with van der Waals surface area (Å²) in [5.41, 5.74) is 3.02. The van der Waals surface area contributed by atoms with Gasteiger partial charge in [0.05, 0.1) is 0 Å². The number of hydrogen-bond donors (Lipinski definition) is 0. The summed E-state index contributed by atoms with van der Waals surface area (Å²) in [4.78, 5) is 3.85. The van der Waals surface area contributed by atoms with E-state index < -0.39 is 0 Å². The predicted octanol–water partition coefficient (Wildman–Crippen LogP) is 3.18. The van der Waals surface area contributed by atoms with Crippen molar-refractivity contribution in [2.75, 3.05) is 19.3 Å². The first-order valence-electron chi connectivity index (χ1n) is 5.72. The molecule has 1 aliphatic heterocycles. The van der Waals surface area contributed by atoms with Gasteiger partial charge >= 0.3 is 0 Å². The Bertz CT molecular complexity index is 335. The molecular formula is C13H19NS. The Hall–Kier alpha value is -0.470. The van der Waals surface area contributed by atoms with Gasteiger partial charge in [0, 0.05) is 11.4 Å². The zero-order chi connectivity index (χ0) is 10.7. The molecule has 1 nitrogen and oxygen atoms in total. The molecular weight excluding hydrogens is 202 g/mol. The zero-order valence-corrected chi connectivity index (χ0v) is 10.4. The van der Waals surface area contributed by atoms with E-state index in [-0.39, 0.29) is 0 Å². The summed E-state index contributed by atoms with van der Waals surface area (Å²) in [6, 6.07) is 6.98. The third-order valence-electron chi connectivity index (χ3n) is 2.97. The average Bonchev–Trinajstić information content (AvgIpc) is 2.29. The van der Waals surface area contributed by atoms with Crippen molar-refractivity contribution < 1.29 is 0 Å². The molecule has 0 N–H and O–H groups in total. The molecule has 2 heteroatoms. The lowest BCUT2D eigenvalue weighted by Gasteiger charge is -2.18. The predicted molar refractivity (Wildman–Crippen MR) is 67.5 cm³/mol. The van der Waals surface area contributed by atoms with E-state index >= 15 is 0 Å². The molecule has 0 unspecified atom stereocenters. The molecule has 0 atom stereocenters. The van der Waals surface area contributed by atoms with Gasteiger partial charge in [0.1, 0.15) is 0 Å². The van der Waals surface area contributed by atoms with E-state index in [9.17, 15) is 0 Å². The number of fused-ring (bicyclic) bond motifs is 1. The molecule has 0 amide bonds. The summed E-state index contributed by atoms with van der Waals surface area (Å²) in [5, 5.41) is 0. The van der Waals surface area contributed by atoms with Crippen molar-refractivity contribution in [3.05, 3.63) is 29.3 Å². The molecule has 0 bridgehead atoms. The van der Waals surface area contributed by atoms with Gasteiger partial charge in [-0.2, -0.15) is 0 Å². The van der Waals surface area contributed by atoms with Crippen LogP contribution in [0.2, 0.25) is 0 Å². The van der Waals surface area contributed by atoms with Gasteiger partial charge in [0.25, 0.3) is 0 Å². The number of thioether (sulfide) groups is 1. The van der Waals surface area contributed by atoms with E-state index in [0.29, 0.717) is 0 Å². The maximum absolute atomic E-state index is 2.40. The van der Waals surface area contributed by atoms with Crippen LogP contribution in [0.15, 0.2) is 23.1 Å². The highest BCUT2D eigenvalue weighted by Crippen LogP contribution is 2.30. The lowest BCUT2D eigenvalue weighted by Crippen LogP contribution is -2.17. The van der Waals surface area contributed by atoms with E-state index in [1.807, 2.05) is 11.8 Å². The van der Waals surface area contributed by atoms with E-state index in [2.05, 4.69) is 37.1 Å². The molecule has 1 aliphatic rings. The molecule has 15 heavy (non-hydrogen) atoms. The van der Waals surface area contributed by atoms with E-state index in [1.54, 1.807) is 5.56 Å². The number of hydrogen-bond acceptors (Lipinski definition) is 2. The van der Waals surface area contributed by atoms with Gasteiger partial charge in [0.2, 0.25) is 0 Å². The number of aryl methyl sites for hydroxylation is 1. The maximum Gasteiger partial charge on any atom is 0.0230 e. The summed E-state index contributed by atoms with van der Waals surface area (Å²) >= 11 is 2.01. The molecule has 0 saturated heterocycles. The van der Waals surface area contributed by atoms with Crippen molar-refractivity contribution in [1.29, 1.82) is 0 Å². The fourth-order valence-corrected chi connectivity index (χ4v) is 2.95. The summed E-state index contributed by atoms with van der Waals surface area (Å²) < 4.78 is 0. The molecule has 0 fully saturated rings. The van der Waals surface area contributed by atoms with Crippen molar-refractivity contribution in [3.8, 4) is 0 Å². The molecule has 0 radical (unpaired) electrons. The Morgan fingerprint density at radius 1 is 1.40 bits per heavy atom. The highest BCUT2D eigenvalue weighted by molar-refractivity contribution is 7.99. The number of benzene rings is 1. The Kier molecular flexibility index (Phi) is 3.71. The second kappa shape index (κ2) is 5.04. The highest BCUT2D eigenvalue weighted by Gasteiger charge is 2.10. The molecule has 82 valence electrons. The minimum atomic E-state index is 1.08. The summed E-state index contributed by atoms with van der Waals surface area (Å²) in [7, 11) is 2.17. The Morgan fingerprint density at radius 2 is 2.27 bits per heavy atom. The van der Waals surface area contributed by atoms with Gasteiger partial charge < -0.3 is 4.90 Å². The third-order valence-corrected chi connectivity index (χ3v) is 4.17.